The van der Waals surface area contributed by atoms with Crippen molar-refractivity contribution in [2.75, 3.05) is 6.54 Å². The molecule has 1 heterocycles. The van der Waals surface area contributed by atoms with Crippen molar-refractivity contribution in [1.82, 2.24) is 10.2 Å². The molecule has 1 aliphatic carbocycles. The molecule has 108 valence electrons. The Morgan fingerprint density at radius 3 is 2.47 bits per heavy atom. The first-order chi connectivity index (χ1) is 8.92. The normalized spacial score (nSPS) is 27.6. The lowest BCUT2D eigenvalue weighted by Crippen LogP contribution is -2.64. The monoisotopic (exact) mass is 266 g/mol. The molecule has 0 bridgehead atoms. The first-order valence-electron chi connectivity index (χ1n) is 7.53. The molecule has 1 saturated heterocycles. The molecule has 0 aromatic heterocycles. The summed E-state index contributed by atoms with van der Waals surface area (Å²) < 4.78 is 0. The molecule has 1 N–H and O–H groups in total. The summed E-state index contributed by atoms with van der Waals surface area (Å²) >= 11 is 0. The average molecular weight is 266 g/mol. The van der Waals surface area contributed by atoms with E-state index in [1.807, 2.05) is 4.90 Å². The van der Waals surface area contributed by atoms with Crippen molar-refractivity contribution in [2.24, 2.45) is 5.92 Å². The Bertz CT molecular complexity index is 359. The molecule has 0 aromatic rings. The van der Waals surface area contributed by atoms with Gasteiger partial charge in [-0.25, -0.2) is 0 Å². The maximum atomic E-state index is 12.6. The third-order valence-corrected chi connectivity index (χ3v) is 4.49. The molecule has 4 nitrogen and oxygen atoms in total. The maximum absolute atomic E-state index is 12.6. The van der Waals surface area contributed by atoms with Crippen molar-refractivity contribution in [3.8, 4) is 0 Å². The summed E-state index contributed by atoms with van der Waals surface area (Å²) in [4.78, 5) is 26.4. The van der Waals surface area contributed by atoms with Crippen LogP contribution in [0.1, 0.15) is 59.3 Å². The predicted octanol–water partition coefficient (Wildman–Crippen LogP) is 2.08. The quantitative estimate of drug-likeness (QED) is 0.850. The predicted molar refractivity (Wildman–Crippen MR) is 74.6 cm³/mol. The number of carbonyl (C=O) groups excluding carboxylic acids is 2. The summed E-state index contributed by atoms with van der Waals surface area (Å²) in [7, 11) is 0. The Hall–Kier alpha value is -1.06. The van der Waals surface area contributed by atoms with Crippen LogP contribution >= 0.6 is 0 Å². The van der Waals surface area contributed by atoms with Gasteiger partial charge in [-0.2, -0.15) is 0 Å². The molecule has 19 heavy (non-hydrogen) atoms. The van der Waals surface area contributed by atoms with Gasteiger partial charge in [-0.15, -0.1) is 0 Å². The molecule has 4 heteroatoms. The van der Waals surface area contributed by atoms with Crippen LogP contribution in [-0.2, 0) is 9.59 Å². The first kappa shape index (κ1) is 14.4. The summed E-state index contributed by atoms with van der Waals surface area (Å²) in [6, 6.07) is -0.319. The van der Waals surface area contributed by atoms with Crippen LogP contribution in [0.25, 0.3) is 0 Å². The Morgan fingerprint density at radius 2 is 1.89 bits per heavy atom. The highest BCUT2D eigenvalue weighted by Gasteiger charge is 2.43. The zero-order chi connectivity index (χ0) is 14.0. The minimum atomic E-state index is -0.319. The molecule has 1 aliphatic heterocycles. The Kier molecular flexibility index (Phi) is 4.16. The minimum Gasteiger partial charge on any atom is -0.343 e. The lowest BCUT2D eigenvalue weighted by atomic mass is 9.81. The fourth-order valence-corrected chi connectivity index (χ4v) is 3.38. The second kappa shape index (κ2) is 5.51. The molecule has 2 amide bonds. The number of nitrogens with one attached hydrogen (secondary N) is 1. The summed E-state index contributed by atoms with van der Waals surface area (Å²) in [5, 5.41) is 2.85. The highest BCUT2D eigenvalue weighted by Crippen LogP contribution is 2.34. The van der Waals surface area contributed by atoms with Crippen molar-refractivity contribution in [3.05, 3.63) is 0 Å². The number of amides is 2. The van der Waals surface area contributed by atoms with Crippen molar-refractivity contribution < 1.29 is 9.59 Å². The smallest absolute Gasteiger partial charge is 0.246 e. The van der Waals surface area contributed by atoms with E-state index >= 15 is 0 Å². The van der Waals surface area contributed by atoms with Gasteiger partial charge in [0.25, 0.3) is 0 Å². The summed E-state index contributed by atoms with van der Waals surface area (Å²) in [6.07, 6.45) is 6.37. The van der Waals surface area contributed by atoms with E-state index in [0.717, 1.165) is 32.1 Å². The lowest BCUT2D eigenvalue weighted by Gasteiger charge is -2.47. The van der Waals surface area contributed by atoms with Crippen LogP contribution in [0.3, 0.4) is 0 Å². The largest absolute Gasteiger partial charge is 0.343 e. The fourth-order valence-electron chi connectivity index (χ4n) is 3.38. The number of piperazine rings is 1. The number of rotatable bonds is 3. The molecular formula is C15H26N2O2. The highest BCUT2D eigenvalue weighted by atomic mass is 16.2. The maximum Gasteiger partial charge on any atom is 0.246 e. The second-order valence-electron chi connectivity index (χ2n) is 6.73. The van der Waals surface area contributed by atoms with Gasteiger partial charge in [-0.3, -0.25) is 9.59 Å². The van der Waals surface area contributed by atoms with Crippen LogP contribution in [0.4, 0.5) is 0 Å². The van der Waals surface area contributed by atoms with Crippen LogP contribution in [0.5, 0.6) is 0 Å². The molecule has 2 fully saturated rings. The Balaban J connectivity index is 2.14. The van der Waals surface area contributed by atoms with Crippen LogP contribution in [-0.4, -0.2) is 34.8 Å². The molecule has 2 rings (SSSR count). The number of hydrogen-bond acceptors (Lipinski definition) is 2. The fraction of sp³-hybridized carbons (Fsp3) is 0.867. The van der Waals surface area contributed by atoms with Gasteiger partial charge in [0, 0.05) is 5.54 Å². The summed E-state index contributed by atoms with van der Waals surface area (Å²) in [5.74, 6) is 0.531. The van der Waals surface area contributed by atoms with Crippen LogP contribution in [0.2, 0.25) is 0 Å². The molecular weight excluding hydrogens is 240 g/mol. The van der Waals surface area contributed by atoms with Crippen molar-refractivity contribution >= 4 is 11.8 Å². The van der Waals surface area contributed by atoms with E-state index in [0.29, 0.717) is 5.92 Å². The lowest BCUT2D eigenvalue weighted by molar-refractivity contribution is -0.152. The van der Waals surface area contributed by atoms with E-state index in [1.54, 1.807) is 0 Å². The van der Waals surface area contributed by atoms with E-state index < -0.39 is 0 Å². The topological polar surface area (TPSA) is 49.4 Å². The zero-order valence-corrected chi connectivity index (χ0v) is 12.4. The minimum absolute atomic E-state index is 0.00273. The van der Waals surface area contributed by atoms with Crippen LogP contribution in [0, 0.1) is 5.92 Å². The molecule has 1 atom stereocenters. The highest BCUT2D eigenvalue weighted by molar-refractivity contribution is 5.95. The zero-order valence-electron chi connectivity index (χ0n) is 12.4. The van der Waals surface area contributed by atoms with E-state index in [1.165, 1.54) is 6.42 Å². The SMILES string of the molecule is CC(C)CC1NC(=O)CN(C2(C)CCCCC2)C1=O. The van der Waals surface area contributed by atoms with Gasteiger partial charge >= 0.3 is 0 Å². The standard InChI is InChI=1S/C15H26N2O2/c1-11(2)9-12-14(19)17(10-13(18)16-12)15(3)7-5-4-6-8-15/h11-12H,4-10H2,1-3H3,(H,16,18). The van der Waals surface area contributed by atoms with Gasteiger partial charge in [0.05, 0.1) is 0 Å². The van der Waals surface area contributed by atoms with Gasteiger partial charge in [0.15, 0.2) is 0 Å². The van der Waals surface area contributed by atoms with E-state index in [4.69, 9.17) is 0 Å². The molecule has 1 saturated carbocycles. The van der Waals surface area contributed by atoms with Crippen molar-refractivity contribution in [3.63, 3.8) is 0 Å². The van der Waals surface area contributed by atoms with Gasteiger partial charge in [0.2, 0.25) is 11.8 Å². The molecule has 0 radical (unpaired) electrons. The summed E-state index contributed by atoms with van der Waals surface area (Å²) in [5.41, 5.74) is -0.109. The second-order valence-corrected chi connectivity index (χ2v) is 6.73. The van der Waals surface area contributed by atoms with Crippen LogP contribution < -0.4 is 5.32 Å². The molecule has 0 spiro atoms. The Morgan fingerprint density at radius 1 is 1.26 bits per heavy atom. The first-order valence-corrected chi connectivity index (χ1v) is 7.53. The number of hydrogen-bond donors (Lipinski definition) is 1. The van der Waals surface area contributed by atoms with Gasteiger partial charge < -0.3 is 10.2 Å². The van der Waals surface area contributed by atoms with Crippen molar-refractivity contribution in [2.45, 2.75) is 70.9 Å². The van der Waals surface area contributed by atoms with E-state index in [2.05, 4.69) is 26.1 Å². The number of carbonyl (C=O) groups is 2. The van der Waals surface area contributed by atoms with Gasteiger partial charge in [-0.1, -0.05) is 33.1 Å². The molecule has 2 aliphatic rings. The molecule has 0 aromatic carbocycles. The van der Waals surface area contributed by atoms with E-state index in [9.17, 15) is 9.59 Å². The van der Waals surface area contributed by atoms with Crippen LogP contribution in [0.15, 0.2) is 0 Å². The third kappa shape index (κ3) is 3.10. The van der Waals surface area contributed by atoms with Gasteiger partial charge in [0.1, 0.15) is 12.6 Å². The Labute approximate surface area is 115 Å². The van der Waals surface area contributed by atoms with Gasteiger partial charge in [-0.05, 0) is 32.1 Å². The van der Waals surface area contributed by atoms with E-state index in [-0.39, 0.29) is 29.9 Å². The molecule has 1 unspecified atom stereocenters. The third-order valence-electron chi connectivity index (χ3n) is 4.49. The number of nitrogens with zero attached hydrogens (tertiary/aromatic N) is 1. The van der Waals surface area contributed by atoms with Crippen molar-refractivity contribution in [1.29, 1.82) is 0 Å². The average Bonchev–Trinajstić information content (AvgIpc) is 2.33. The summed E-state index contributed by atoms with van der Waals surface area (Å²) in [6.45, 7) is 6.56.